The average Bonchev–Trinajstić information content (AvgIpc) is 2.94. The summed E-state index contributed by atoms with van der Waals surface area (Å²) in [6, 6.07) is 4.50. The quantitative estimate of drug-likeness (QED) is 0.611. The van der Waals surface area contributed by atoms with Crippen LogP contribution in [0.2, 0.25) is 0 Å². The van der Waals surface area contributed by atoms with Crippen molar-refractivity contribution in [3.8, 4) is 5.75 Å². The summed E-state index contributed by atoms with van der Waals surface area (Å²) in [6.07, 6.45) is 0. The molecule has 1 aromatic carbocycles. The van der Waals surface area contributed by atoms with E-state index in [-0.39, 0.29) is 5.75 Å². The molecule has 2 unspecified atom stereocenters. The molecule has 1 aliphatic heterocycles. The van der Waals surface area contributed by atoms with E-state index in [1.165, 1.54) is 26.4 Å². The second-order valence-corrected chi connectivity index (χ2v) is 4.51. The number of halogens is 1. The van der Waals surface area contributed by atoms with E-state index in [4.69, 9.17) is 9.47 Å². The van der Waals surface area contributed by atoms with Crippen LogP contribution in [0.3, 0.4) is 0 Å². The van der Waals surface area contributed by atoms with Gasteiger partial charge in [-0.1, -0.05) is 6.07 Å². The van der Waals surface area contributed by atoms with Crippen LogP contribution in [0.15, 0.2) is 18.2 Å². The topological polar surface area (TPSA) is 48.1 Å². The number of carbonyl (C=O) groups is 1. The van der Waals surface area contributed by atoms with Gasteiger partial charge in [-0.2, -0.15) is 0 Å². The number of epoxide rings is 1. The molecule has 1 aliphatic rings. The molecular formula is C13H15FO4. The van der Waals surface area contributed by atoms with Gasteiger partial charge in [-0.25, -0.2) is 9.18 Å². The zero-order valence-corrected chi connectivity index (χ0v) is 10.7. The molecule has 2 atom stereocenters. The molecule has 0 saturated carbocycles. The number of carbonyl (C=O) groups excluding carboxylic acids is 1. The van der Waals surface area contributed by atoms with Crippen LogP contribution in [-0.4, -0.2) is 25.8 Å². The Bertz CT molecular complexity index is 502. The lowest BCUT2D eigenvalue weighted by atomic mass is 9.89. The van der Waals surface area contributed by atoms with E-state index in [1.54, 1.807) is 19.9 Å². The van der Waals surface area contributed by atoms with Gasteiger partial charge in [0.1, 0.15) is 5.60 Å². The molecule has 1 saturated heterocycles. The molecule has 1 aromatic rings. The summed E-state index contributed by atoms with van der Waals surface area (Å²) in [7, 11) is 2.69. The van der Waals surface area contributed by atoms with Gasteiger partial charge in [0.05, 0.1) is 14.2 Å². The molecule has 5 heteroatoms. The standard InChI is InChI=1S/C13H15FO4/c1-12(13(2,18-12)11(15)17-4)8-5-6-10(16-3)9(14)7-8/h5-7H,1-4H3. The molecule has 98 valence electrons. The van der Waals surface area contributed by atoms with Crippen molar-refractivity contribution < 1.29 is 23.4 Å². The van der Waals surface area contributed by atoms with Crippen LogP contribution >= 0.6 is 0 Å². The Hall–Kier alpha value is -1.62. The van der Waals surface area contributed by atoms with Crippen molar-refractivity contribution in [3.05, 3.63) is 29.6 Å². The largest absolute Gasteiger partial charge is 0.494 e. The van der Waals surface area contributed by atoms with Gasteiger partial charge in [0.25, 0.3) is 0 Å². The number of esters is 1. The third-order valence-corrected chi connectivity index (χ3v) is 3.55. The van der Waals surface area contributed by atoms with Gasteiger partial charge in [-0.05, 0) is 31.5 Å². The van der Waals surface area contributed by atoms with Crippen molar-refractivity contribution >= 4 is 5.97 Å². The van der Waals surface area contributed by atoms with Crippen LogP contribution < -0.4 is 4.74 Å². The van der Waals surface area contributed by atoms with Crippen molar-refractivity contribution in [2.24, 2.45) is 0 Å². The lowest BCUT2D eigenvalue weighted by Crippen LogP contribution is -2.29. The van der Waals surface area contributed by atoms with Crippen LogP contribution in [0.4, 0.5) is 4.39 Å². The molecule has 0 N–H and O–H groups in total. The molecule has 0 aliphatic carbocycles. The van der Waals surface area contributed by atoms with Gasteiger partial charge >= 0.3 is 5.97 Å². The van der Waals surface area contributed by atoms with E-state index in [0.717, 1.165) is 0 Å². The molecule has 2 rings (SSSR count). The average molecular weight is 254 g/mol. The van der Waals surface area contributed by atoms with E-state index in [2.05, 4.69) is 4.74 Å². The lowest BCUT2D eigenvalue weighted by molar-refractivity contribution is -0.146. The van der Waals surface area contributed by atoms with E-state index in [0.29, 0.717) is 5.56 Å². The first kappa shape index (κ1) is 12.8. The fraction of sp³-hybridized carbons (Fsp3) is 0.462. The van der Waals surface area contributed by atoms with E-state index in [1.807, 2.05) is 0 Å². The van der Waals surface area contributed by atoms with Crippen LogP contribution in [-0.2, 0) is 19.9 Å². The number of hydrogen-bond acceptors (Lipinski definition) is 4. The number of rotatable bonds is 3. The maximum atomic E-state index is 13.6. The molecular weight excluding hydrogens is 239 g/mol. The highest BCUT2D eigenvalue weighted by Gasteiger charge is 2.70. The van der Waals surface area contributed by atoms with Crippen molar-refractivity contribution in [1.29, 1.82) is 0 Å². The Morgan fingerprint density at radius 1 is 1.33 bits per heavy atom. The highest BCUT2D eigenvalue weighted by Crippen LogP contribution is 2.56. The van der Waals surface area contributed by atoms with Crippen LogP contribution in [0.5, 0.6) is 5.75 Å². The monoisotopic (exact) mass is 254 g/mol. The van der Waals surface area contributed by atoms with Gasteiger partial charge in [0.15, 0.2) is 17.2 Å². The summed E-state index contributed by atoms with van der Waals surface area (Å²) in [5.41, 5.74) is -1.36. The Balaban J connectivity index is 2.34. The summed E-state index contributed by atoms with van der Waals surface area (Å²) in [5.74, 6) is -0.803. The maximum absolute atomic E-state index is 13.6. The van der Waals surface area contributed by atoms with Crippen LogP contribution in [0.1, 0.15) is 19.4 Å². The Labute approximate surface area is 105 Å². The smallest absolute Gasteiger partial charge is 0.341 e. The Morgan fingerprint density at radius 3 is 2.50 bits per heavy atom. The molecule has 1 fully saturated rings. The lowest BCUT2D eigenvalue weighted by Gasteiger charge is -2.12. The summed E-state index contributed by atoms with van der Waals surface area (Å²) in [5, 5.41) is 0. The fourth-order valence-corrected chi connectivity index (χ4v) is 2.11. The summed E-state index contributed by atoms with van der Waals surface area (Å²) in [6.45, 7) is 3.35. The number of methoxy groups -OCH3 is 2. The van der Waals surface area contributed by atoms with Crippen molar-refractivity contribution in [3.63, 3.8) is 0 Å². The SMILES string of the molecule is COC(=O)C1(C)OC1(C)c1ccc(OC)c(F)c1. The first-order valence-electron chi connectivity index (χ1n) is 5.51. The number of benzene rings is 1. The Morgan fingerprint density at radius 2 is 2.00 bits per heavy atom. The normalized spacial score (nSPS) is 29.8. The van der Waals surface area contributed by atoms with Gasteiger partial charge in [-0.15, -0.1) is 0 Å². The van der Waals surface area contributed by atoms with Gasteiger partial charge in [-0.3, -0.25) is 0 Å². The van der Waals surface area contributed by atoms with Crippen molar-refractivity contribution in [1.82, 2.24) is 0 Å². The maximum Gasteiger partial charge on any atom is 0.341 e. The van der Waals surface area contributed by atoms with E-state index < -0.39 is 23.0 Å². The second kappa shape index (κ2) is 3.95. The predicted octanol–water partition coefficient (Wildman–Crippen LogP) is 2.01. The summed E-state index contributed by atoms with van der Waals surface area (Å²) < 4.78 is 28.7. The van der Waals surface area contributed by atoms with Gasteiger partial charge in [0.2, 0.25) is 0 Å². The highest BCUT2D eigenvalue weighted by atomic mass is 19.1. The molecule has 0 radical (unpaired) electrons. The second-order valence-electron chi connectivity index (χ2n) is 4.51. The van der Waals surface area contributed by atoms with Crippen LogP contribution in [0.25, 0.3) is 0 Å². The highest BCUT2D eigenvalue weighted by molar-refractivity contribution is 5.84. The first-order chi connectivity index (χ1) is 8.39. The summed E-state index contributed by atoms with van der Waals surface area (Å²) in [4.78, 5) is 11.6. The molecule has 4 nitrogen and oxygen atoms in total. The fourth-order valence-electron chi connectivity index (χ4n) is 2.11. The van der Waals surface area contributed by atoms with Gasteiger partial charge in [0, 0.05) is 0 Å². The summed E-state index contributed by atoms with van der Waals surface area (Å²) >= 11 is 0. The third-order valence-electron chi connectivity index (χ3n) is 3.55. The Kier molecular flexibility index (Phi) is 2.81. The van der Waals surface area contributed by atoms with E-state index in [9.17, 15) is 9.18 Å². The zero-order valence-electron chi connectivity index (χ0n) is 10.7. The molecule has 18 heavy (non-hydrogen) atoms. The molecule has 0 bridgehead atoms. The number of hydrogen-bond donors (Lipinski definition) is 0. The minimum Gasteiger partial charge on any atom is -0.494 e. The molecule has 1 heterocycles. The first-order valence-corrected chi connectivity index (χ1v) is 5.51. The van der Waals surface area contributed by atoms with Crippen LogP contribution in [0, 0.1) is 5.82 Å². The molecule has 0 amide bonds. The molecule has 0 spiro atoms. The number of ether oxygens (including phenoxy) is 3. The third kappa shape index (κ3) is 1.58. The van der Waals surface area contributed by atoms with Crippen molar-refractivity contribution in [2.45, 2.75) is 25.0 Å². The van der Waals surface area contributed by atoms with Gasteiger partial charge < -0.3 is 14.2 Å². The van der Waals surface area contributed by atoms with Crippen molar-refractivity contribution in [2.75, 3.05) is 14.2 Å². The minimum atomic E-state index is -1.07. The predicted molar refractivity (Wildman–Crippen MR) is 61.8 cm³/mol. The minimum absolute atomic E-state index is 0.155. The van der Waals surface area contributed by atoms with E-state index >= 15 is 0 Å². The zero-order chi connectivity index (χ0) is 13.6. The molecule has 0 aromatic heterocycles.